The number of aliphatic hydroxyl groups is 2. The zero-order chi connectivity index (χ0) is 25.6. The fraction of sp³-hybridized carbons (Fsp3) is 0.800. The highest BCUT2D eigenvalue weighted by molar-refractivity contribution is 5.69. The number of H-pyrrole nitrogens is 1. The summed E-state index contributed by atoms with van der Waals surface area (Å²) in [4.78, 5) is 36.8. The standard InChI is InChI=1S/C25H41FN2O7/c1-2-3-4-5-6-7-8-9-10-11-12-13-14-15-20(29)34-17-19-21(30)22(31)24(35-19)28-16-18(26)23(32)27-25(28)33/h16,19,21-22,24,30-31H,2-15,17H2,1H3,(H,27,32,33)/t19-,21-,22-,24-/m1/s1. The van der Waals surface area contributed by atoms with Crippen LogP contribution in [-0.4, -0.2) is 50.7 Å². The third-order valence-electron chi connectivity index (χ3n) is 6.43. The number of ether oxygens (including phenoxy) is 2. The monoisotopic (exact) mass is 500 g/mol. The van der Waals surface area contributed by atoms with Gasteiger partial charge in [-0.05, 0) is 6.42 Å². The van der Waals surface area contributed by atoms with Gasteiger partial charge in [0, 0.05) is 6.42 Å². The number of esters is 1. The van der Waals surface area contributed by atoms with E-state index in [-0.39, 0.29) is 13.0 Å². The molecule has 9 nitrogen and oxygen atoms in total. The maximum absolute atomic E-state index is 13.5. The molecule has 0 saturated carbocycles. The molecule has 200 valence electrons. The molecule has 1 fully saturated rings. The van der Waals surface area contributed by atoms with Crippen LogP contribution < -0.4 is 11.2 Å². The van der Waals surface area contributed by atoms with E-state index in [2.05, 4.69) is 6.92 Å². The van der Waals surface area contributed by atoms with Crippen molar-refractivity contribution in [3.63, 3.8) is 0 Å². The summed E-state index contributed by atoms with van der Waals surface area (Å²) in [5.41, 5.74) is -2.19. The summed E-state index contributed by atoms with van der Waals surface area (Å²) in [6, 6.07) is 0. The van der Waals surface area contributed by atoms with Gasteiger partial charge in [-0.3, -0.25) is 19.1 Å². The van der Waals surface area contributed by atoms with Gasteiger partial charge < -0.3 is 19.7 Å². The van der Waals surface area contributed by atoms with E-state index >= 15 is 0 Å². The first-order chi connectivity index (χ1) is 16.8. The van der Waals surface area contributed by atoms with Crippen molar-refractivity contribution in [3.8, 4) is 0 Å². The Hall–Kier alpha value is -2.04. The number of aliphatic hydroxyl groups excluding tert-OH is 2. The Labute approximate surface area is 205 Å². The fourth-order valence-electron chi connectivity index (χ4n) is 4.28. The SMILES string of the molecule is CCCCCCCCCCCCCCCC(=O)OC[C@H]1O[C@@H](n2cc(F)c(=O)[nH]c2=O)[C@H](O)[C@@H]1O. The summed E-state index contributed by atoms with van der Waals surface area (Å²) >= 11 is 0. The Balaban J connectivity index is 1.56. The lowest BCUT2D eigenvalue weighted by Crippen LogP contribution is -2.38. The molecular weight excluding hydrogens is 459 g/mol. The van der Waals surface area contributed by atoms with Crippen molar-refractivity contribution < 1.29 is 28.9 Å². The molecule has 1 aliphatic rings. The molecule has 4 atom stereocenters. The predicted octanol–water partition coefficient (Wildman–Crippen LogP) is 3.32. The van der Waals surface area contributed by atoms with Crippen LogP contribution in [0.4, 0.5) is 4.39 Å². The Morgan fingerprint density at radius 3 is 2.09 bits per heavy atom. The average molecular weight is 501 g/mol. The maximum Gasteiger partial charge on any atom is 0.330 e. The Bertz CT molecular complexity index is 872. The molecule has 0 aromatic carbocycles. The molecule has 0 bridgehead atoms. The van der Waals surface area contributed by atoms with E-state index in [4.69, 9.17) is 9.47 Å². The van der Waals surface area contributed by atoms with E-state index in [0.29, 0.717) is 17.2 Å². The Kier molecular flexibility index (Phi) is 13.2. The molecular formula is C25H41FN2O7. The van der Waals surface area contributed by atoms with Crippen molar-refractivity contribution in [3.05, 3.63) is 32.9 Å². The van der Waals surface area contributed by atoms with Crippen LogP contribution in [0.1, 0.15) is 103 Å². The molecule has 1 aromatic rings. The number of rotatable bonds is 17. The topological polar surface area (TPSA) is 131 Å². The number of aromatic nitrogens is 2. The van der Waals surface area contributed by atoms with Crippen molar-refractivity contribution >= 4 is 5.97 Å². The number of aromatic amines is 1. The molecule has 0 aliphatic carbocycles. The predicted molar refractivity (Wildman–Crippen MR) is 128 cm³/mol. The van der Waals surface area contributed by atoms with Gasteiger partial charge in [0.2, 0.25) is 5.82 Å². The second kappa shape index (κ2) is 15.9. The lowest BCUT2D eigenvalue weighted by atomic mass is 10.0. The molecule has 2 heterocycles. The molecule has 3 N–H and O–H groups in total. The Morgan fingerprint density at radius 1 is 0.971 bits per heavy atom. The largest absolute Gasteiger partial charge is 0.463 e. The number of halogens is 1. The molecule has 35 heavy (non-hydrogen) atoms. The molecule has 1 aromatic heterocycles. The van der Waals surface area contributed by atoms with Crippen LogP contribution in [0.3, 0.4) is 0 Å². The van der Waals surface area contributed by atoms with Crippen LogP contribution in [0.25, 0.3) is 0 Å². The van der Waals surface area contributed by atoms with Crippen molar-refractivity contribution in [2.24, 2.45) is 0 Å². The minimum absolute atomic E-state index is 0.247. The quantitative estimate of drug-likeness (QED) is 0.221. The zero-order valence-corrected chi connectivity index (χ0v) is 20.8. The van der Waals surface area contributed by atoms with Gasteiger partial charge in [0.1, 0.15) is 24.9 Å². The van der Waals surface area contributed by atoms with Gasteiger partial charge >= 0.3 is 11.7 Å². The third-order valence-corrected chi connectivity index (χ3v) is 6.43. The van der Waals surface area contributed by atoms with Gasteiger partial charge in [-0.25, -0.2) is 4.79 Å². The second-order valence-electron chi connectivity index (χ2n) is 9.37. The summed E-state index contributed by atoms with van der Waals surface area (Å²) in [5.74, 6) is -1.67. The number of nitrogens with zero attached hydrogens (tertiary/aromatic N) is 1. The van der Waals surface area contributed by atoms with Crippen molar-refractivity contribution in [1.29, 1.82) is 0 Å². The van der Waals surface area contributed by atoms with E-state index in [1.807, 2.05) is 0 Å². The lowest BCUT2D eigenvalue weighted by molar-refractivity contribution is -0.150. The third kappa shape index (κ3) is 9.85. The van der Waals surface area contributed by atoms with Gasteiger partial charge in [0.05, 0.1) is 6.20 Å². The van der Waals surface area contributed by atoms with E-state index in [9.17, 15) is 29.0 Å². The fourth-order valence-corrected chi connectivity index (χ4v) is 4.28. The summed E-state index contributed by atoms with van der Waals surface area (Å²) < 4.78 is 24.8. The Morgan fingerprint density at radius 2 is 1.51 bits per heavy atom. The highest BCUT2D eigenvalue weighted by atomic mass is 19.1. The highest BCUT2D eigenvalue weighted by Gasteiger charge is 2.44. The first kappa shape index (κ1) is 29.2. The minimum Gasteiger partial charge on any atom is -0.463 e. The summed E-state index contributed by atoms with van der Waals surface area (Å²) in [5, 5.41) is 20.3. The number of carbonyl (C=O) groups is 1. The number of nitrogens with one attached hydrogen (secondary N) is 1. The maximum atomic E-state index is 13.5. The average Bonchev–Trinajstić information content (AvgIpc) is 3.11. The highest BCUT2D eigenvalue weighted by Crippen LogP contribution is 2.28. The number of hydrogen-bond acceptors (Lipinski definition) is 7. The first-order valence-corrected chi connectivity index (χ1v) is 13.0. The van der Waals surface area contributed by atoms with Gasteiger partial charge in [-0.1, -0.05) is 84.0 Å². The van der Waals surface area contributed by atoms with Crippen LogP contribution in [0, 0.1) is 5.82 Å². The normalized spacial score (nSPS) is 21.9. The molecule has 0 unspecified atom stereocenters. The second-order valence-corrected chi connectivity index (χ2v) is 9.37. The van der Waals surface area contributed by atoms with E-state index in [0.717, 1.165) is 19.3 Å². The summed E-state index contributed by atoms with van der Waals surface area (Å²) in [6.45, 7) is 1.92. The van der Waals surface area contributed by atoms with Gasteiger partial charge in [0.15, 0.2) is 6.23 Å². The van der Waals surface area contributed by atoms with Crippen LogP contribution in [0.5, 0.6) is 0 Å². The van der Waals surface area contributed by atoms with Crippen LogP contribution >= 0.6 is 0 Å². The summed E-state index contributed by atoms with van der Waals surface area (Å²) in [6.07, 6.45) is 11.0. The van der Waals surface area contributed by atoms with Gasteiger partial charge in [0.25, 0.3) is 5.56 Å². The van der Waals surface area contributed by atoms with E-state index in [1.165, 1.54) is 57.8 Å². The van der Waals surface area contributed by atoms with Gasteiger partial charge in [-0.2, -0.15) is 4.39 Å². The molecule has 0 spiro atoms. The number of hydrogen-bond donors (Lipinski definition) is 3. The first-order valence-electron chi connectivity index (χ1n) is 13.0. The molecule has 0 amide bonds. The lowest BCUT2D eigenvalue weighted by Gasteiger charge is -2.16. The number of carbonyl (C=O) groups excluding carboxylic acids is 1. The van der Waals surface area contributed by atoms with Crippen LogP contribution in [0.2, 0.25) is 0 Å². The zero-order valence-electron chi connectivity index (χ0n) is 20.8. The van der Waals surface area contributed by atoms with E-state index < -0.39 is 47.6 Å². The molecule has 10 heteroatoms. The van der Waals surface area contributed by atoms with Crippen LogP contribution in [0.15, 0.2) is 15.8 Å². The summed E-state index contributed by atoms with van der Waals surface area (Å²) in [7, 11) is 0. The molecule has 0 radical (unpaired) electrons. The molecule has 2 rings (SSSR count). The van der Waals surface area contributed by atoms with Crippen molar-refractivity contribution in [1.82, 2.24) is 9.55 Å². The van der Waals surface area contributed by atoms with Crippen LogP contribution in [-0.2, 0) is 14.3 Å². The smallest absolute Gasteiger partial charge is 0.330 e. The van der Waals surface area contributed by atoms with Crippen molar-refractivity contribution in [2.45, 2.75) is 121 Å². The van der Waals surface area contributed by atoms with Crippen molar-refractivity contribution in [2.75, 3.05) is 6.61 Å². The molecule has 1 saturated heterocycles. The minimum atomic E-state index is -1.57. The number of unbranched alkanes of at least 4 members (excludes halogenated alkanes) is 12. The van der Waals surface area contributed by atoms with Gasteiger partial charge in [-0.15, -0.1) is 0 Å². The molecule has 1 aliphatic heterocycles. The van der Waals surface area contributed by atoms with E-state index in [1.54, 1.807) is 4.98 Å².